The van der Waals surface area contributed by atoms with Gasteiger partial charge in [0.25, 0.3) is 5.91 Å². The molecule has 0 bridgehead atoms. The van der Waals surface area contributed by atoms with E-state index in [1.165, 1.54) is 0 Å². The van der Waals surface area contributed by atoms with E-state index < -0.39 is 6.10 Å². The van der Waals surface area contributed by atoms with Crippen LogP contribution in [0, 0.1) is 0 Å². The van der Waals surface area contributed by atoms with Crippen molar-refractivity contribution < 1.29 is 14.6 Å². The maximum absolute atomic E-state index is 11.0. The Balaban J connectivity index is 2.46. The fraction of sp³-hybridized carbons (Fsp3) is 0.222. The number of hydrogen-bond acceptors (Lipinski definition) is 3. The van der Waals surface area contributed by atoms with Gasteiger partial charge in [0.15, 0.2) is 6.10 Å². The van der Waals surface area contributed by atoms with Crippen molar-refractivity contribution in [3.8, 4) is 5.75 Å². The van der Waals surface area contributed by atoms with Crippen molar-refractivity contribution in [2.24, 2.45) is 0 Å². The number of ether oxygens (including phenoxy) is 1. The minimum Gasteiger partial charge on any atom is -0.497 e. The first-order valence-electron chi connectivity index (χ1n) is 3.89. The van der Waals surface area contributed by atoms with Crippen molar-refractivity contribution >= 4 is 11.6 Å². The van der Waals surface area contributed by atoms with Gasteiger partial charge in [0.05, 0.1) is 12.8 Å². The Morgan fingerprint density at radius 1 is 1.54 bits per heavy atom. The molecule has 1 unspecified atom stereocenters. The quantitative estimate of drug-likeness (QED) is 0.666. The summed E-state index contributed by atoms with van der Waals surface area (Å²) >= 11 is 0. The second-order valence-corrected chi connectivity index (χ2v) is 2.84. The molecule has 1 heterocycles. The first kappa shape index (κ1) is 8.07. The second-order valence-electron chi connectivity index (χ2n) is 2.84. The SMILES string of the molecule is COc1ccc2c(c1)NC(=O)C2O. The highest BCUT2D eigenvalue weighted by Gasteiger charge is 2.28. The van der Waals surface area contributed by atoms with Crippen molar-refractivity contribution in [2.45, 2.75) is 6.10 Å². The van der Waals surface area contributed by atoms with E-state index in [-0.39, 0.29) is 5.91 Å². The van der Waals surface area contributed by atoms with E-state index in [2.05, 4.69) is 5.32 Å². The van der Waals surface area contributed by atoms with E-state index in [1.807, 2.05) is 0 Å². The number of methoxy groups -OCH3 is 1. The van der Waals surface area contributed by atoms with Gasteiger partial charge in [-0.2, -0.15) is 0 Å². The first-order chi connectivity index (χ1) is 6.22. The molecule has 2 N–H and O–H groups in total. The van der Waals surface area contributed by atoms with E-state index >= 15 is 0 Å². The minimum absolute atomic E-state index is 0.386. The van der Waals surface area contributed by atoms with Crippen molar-refractivity contribution in [2.75, 3.05) is 12.4 Å². The van der Waals surface area contributed by atoms with Gasteiger partial charge in [-0.25, -0.2) is 0 Å². The maximum atomic E-state index is 11.0. The van der Waals surface area contributed by atoms with Gasteiger partial charge in [-0.3, -0.25) is 4.79 Å². The second kappa shape index (κ2) is 2.74. The lowest BCUT2D eigenvalue weighted by Gasteiger charge is -2.02. The summed E-state index contributed by atoms with van der Waals surface area (Å²) < 4.78 is 4.98. The van der Waals surface area contributed by atoms with Crippen LogP contribution in [-0.4, -0.2) is 18.1 Å². The molecule has 1 aliphatic rings. The number of rotatable bonds is 1. The fourth-order valence-corrected chi connectivity index (χ4v) is 1.35. The van der Waals surface area contributed by atoms with Gasteiger partial charge in [-0.05, 0) is 6.07 Å². The molecular formula is C9H9NO3. The van der Waals surface area contributed by atoms with Crippen LogP contribution in [0.2, 0.25) is 0 Å². The van der Waals surface area contributed by atoms with Crippen LogP contribution in [-0.2, 0) is 4.79 Å². The van der Waals surface area contributed by atoms with Crippen molar-refractivity contribution in [3.05, 3.63) is 23.8 Å². The van der Waals surface area contributed by atoms with Crippen LogP contribution < -0.4 is 10.1 Å². The Bertz CT molecular complexity index is 362. The zero-order chi connectivity index (χ0) is 9.42. The van der Waals surface area contributed by atoms with Crippen LogP contribution in [0.15, 0.2) is 18.2 Å². The van der Waals surface area contributed by atoms with Crippen molar-refractivity contribution in [3.63, 3.8) is 0 Å². The third kappa shape index (κ3) is 1.15. The standard InChI is InChI=1S/C9H9NO3/c1-13-5-2-3-6-7(4-5)10-9(12)8(6)11/h2-4,8,11H,1H3,(H,10,12). The summed E-state index contributed by atoms with van der Waals surface area (Å²) in [5.41, 5.74) is 1.22. The molecule has 0 radical (unpaired) electrons. The molecule has 0 fully saturated rings. The van der Waals surface area contributed by atoms with Gasteiger partial charge in [-0.15, -0.1) is 0 Å². The Hall–Kier alpha value is -1.55. The van der Waals surface area contributed by atoms with E-state index in [9.17, 15) is 9.90 Å². The van der Waals surface area contributed by atoms with Gasteiger partial charge < -0.3 is 15.2 Å². The largest absolute Gasteiger partial charge is 0.497 e. The van der Waals surface area contributed by atoms with Crippen LogP contribution in [0.25, 0.3) is 0 Å². The predicted molar refractivity (Wildman–Crippen MR) is 46.6 cm³/mol. The number of carbonyl (C=O) groups excluding carboxylic acids is 1. The minimum atomic E-state index is -1.04. The molecule has 1 amide bonds. The lowest BCUT2D eigenvalue weighted by Crippen LogP contribution is -2.10. The highest BCUT2D eigenvalue weighted by molar-refractivity contribution is 6.01. The molecule has 1 aromatic rings. The Labute approximate surface area is 75.1 Å². The van der Waals surface area contributed by atoms with Crippen LogP contribution in [0.1, 0.15) is 11.7 Å². The molecule has 0 spiro atoms. The Morgan fingerprint density at radius 3 is 3.00 bits per heavy atom. The molecule has 1 aromatic carbocycles. The number of hydrogen-bond donors (Lipinski definition) is 2. The number of anilines is 1. The molecule has 0 aliphatic carbocycles. The van der Waals surface area contributed by atoms with Crippen LogP contribution in [0.4, 0.5) is 5.69 Å². The zero-order valence-corrected chi connectivity index (χ0v) is 7.07. The summed E-state index contributed by atoms with van der Waals surface area (Å²) in [7, 11) is 1.55. The molecule has 13 heavy (non-hydrogen) atoms. The lowest BCUT2D eigenvalue weighted by molar-refractivity contribution is -0.123. The van der Waals surface area contributed by atoms with E-state index in [4.69, 9.17) is 4.74 Å². The third-order valence-electron chi connectivity index (χ3n) is 2.06. The Morgan fingerprint density at radius 2 is 2.31 bits per heavy atom. The summed E-state index contributed by atoms with van der Waals surface area (Å²) in [6, 6.07) is 5.07. The normalized spacial score (nSPS) is 19.5. The molecule has 0 aromatic heterocycles. The van der Waals surface area contributed by atoms with Crippen molar-refractivity contribution in [1.29, 1.82) is 0 Å². The van der Waals surface area contributed by atoms with Gasteiger partial charge in [0.1, 0.15) is 5.75 Å². The predicted octanol–water partition coefficient (Wildman–Crippen LogP) is 0.681. The molecule has 0 saturated heterocycles. The number of amides is 1. The number of nitrogens with one attached hydrogen (secondary N) is 1. The summed E-state index contributed by atoms with van der Waals surface area (Å²) in [5.74, 6) is 0.274. The van der Waals surface area contributed by atoms with Crippen LogP contribution >= 0.6 is 0 Å². The molecular weight excluding hydrogens is 170 g/mol. The Kier molecular flexibility index (Phi) is 1.70. The summed E-state index contributed by atoms with van der Waals surface area (Å²) in [4.78, 5) is 11.0. The van der Waals surface area contributed by atoms with E-state index in [0.29, 0.717) is 17.0 Å². The number of carbonyl (C=O) groups is 1. The number of fused-ring (bicyclic) bond motifs is 1. The molecule has 0 saturated carbocycles. The molecule has 1 aliphatic heterocycles. The number of aliphatic hydroxyl groups is 1. The molecule has 68 valence electrons. The summed E-state index contributed by atoms with van der Waals surface area (Å²) in [5, 5.41) is 11.9. The zero-order valence-electron chi connectivity index (χ0n) is 7.07. The average Bonchev–Trinajstić information content (AvgIpc) is 2.42. The van der Waals surface area contributed by atoms with Crippen molar-refractivity contribution in [1.82, 2.24) is 0 Å². The summed E-state index contributed by atoms with van der Waals surface area (Å²) in [6.07, 6.45) is -1.04. The molecule has 1 atom stereocenters. The van der Waals surface area contributed by atoms with E-state index in [0.717, 1.165) is 0 Å². The van der Waals surface area contributed by atoms with Gasteiger partial charge in [0.2, 0.25) is 0 Å². The highest BCUT2D eigenvalue weighted by Crippen LogP contribution is 2.33. The number of aliphatic hydroxyl groups excluding tert-OH is 1. The summed E-state index contributed by atoms with van der Waals surface area (Å²) in [6.45, 7) is 0. The molecule has 4 heteroatoms. The van der Waals surface area contributed by atoms with Gasteiger partial charge in [-0.1, -0.05) is 6.07 Å². The molecule has 2 rings (SSSR count). The van der Waals surface area contributed by atoms with Gasteiger partial charge in [0, 0.05) is 11.6 Å². The first-order valence-corrected chi connectivity index (χ1v) is 3.89. The number of benzene rings is 1. The average molecular weight is 179 g/mol. The molecule has 4 nitrogen and oxygen atoms in total. The maximum Gasteiger partial charge on any atom is 0.257 e. The van der Waals surface area contributed by atoms with Gasteiger partial charge >= 0.3 is 0 Å². The fourth-order valence-electron chi connectivity index (χ4n) is 1.35. The highest BCUT2D eigenvalue weighted by atomic mass is 16.5. The lowest BCUT2D eigenvalue weighted by atomic mass is 10.1. The third-order valence-corrected chi connectivity index (χ3v) is 2.06. The smallest absolute Gasteiger partial charge is 0.257 e. The monoisotopic (exact) mass is 179 g/mol. The van der Waals surface area contributed by atoms with E-state index in [1.54, 1.807) is 25.3 Å². The van der Waals surface area contributed by atoms with Crippen LogP contribution in [0.3, 0.4) is 0 Å². The van der Waals surface area contributed by atoms with Crippen LogP contribution in [0.5, 0.6) is 5.75 Å². The topological polar surface area (TPSA) is 58.6 Å².